The molecule has 0 atom stereocenters. The third-order valence-corrected chi connectivity index (χ3v) is 2.84. The molecule has 3 heteroatoms. The number of carbonyl (C=O) groups excluding carboxylic acids is 1. The highest BCUT2D eigenvalue weighted by Gasteiger charge is 2.30. The average Bonchev–Trinajstić information content (AvgIpc) is 3.05. The minimum atomic E-state index is -0.689. The van der Waals surface area contributed by atoms with Gasteiger partial charge in [-0.05, 0) is 30.4 Å². The first kappa shape index (κ1) is 10.4. The number of aldehydes is 1. The Morgan fingerprint density at radius 2 is 2.07 bits per heavy atom. The van der Waals surface area contributed by atoms with Crippen LogP contribution in [-0.4, -0.2) is 6.29 Å². The standard InChI is InChI=1S/C12H10ClFO/c13-10-4-2-1-3-9(10)12(8-5-6-8)11(14)7-15/h1-4,7-8H,5-6H2. The predicted molar refractivity (Wildman–Crippen MR) is 58.3 cm³/mol. The topological polar surface area (TPSA) is 17.1 Å². The van der Waals surface area contributed by atoms with Crippen LogP contribution in [0.1, 0.15) is 18.4 Å². The smallest absolute Gasteiger partial charge is 0.178 e. The summed E-state index contributed by atoms with van der Waals surface area (Å²) >= 11 is 5.98. The van der Waals surface area contributed by atoms with Gasteiger partial charge in [-0.15, -0.1) is 0 Å². The normalized spacial score (nSPS) is 17.2. The van der Waals surface area contributed by atoms with Gasteiger partial charge < -0.3 is 0 Å². The zero-order valence-corrected chi connectivity index (χ0v) is 8.80. The molecule has 0 saturated heterocycles. The monoisotopic (exact) mass is 224 g/mol. The van der Waals surface area contributed by atoms with E-state index in [-0.39, 0.29) is 12.2 Å². The molecule has 1 fully saturated rings. The van der Waals surface area contributed by atoms with Crippen molar-refractivity contribution >= 4 is 23.5 Å². The molecule has 0 spiro atoms. The van der Waals surface area contributed by atoms with E-state index in [0.29, 0.717) is 16.2 Å². The second-order valence-corrected chi connectivity index (χ2v) is 4.04. The number of allylic oxidation sites excluding steroid dienone is 2. The first-order valence-corrected chi connectivity index (χ1v) is 5.21. The van der Waals surface area contributed by atoms with Gasteiger partial charge in [0, 0.05) is 10.6 Å². The van der Waals surface area contributed by atoms with Crippen LogP contribution in [0.2, 0.25) is 5.02 Å². The van der Waals surface area contributed by atoms with Gasteiger partial charge in [-0.3, -0.25) is 4.79 Å². The fourth-order valence-electron chi connectivity index (χ4n) is 1.66. The van der Waals surface area contributed by atoms with Crippen molar-refractivity contribution in [2.24, 2.45) is 5.92 Å². The zero-order valence-electron chi connectivity index (χ0n) is 8.04. The van der Waals surface area contributed by atoms with Crippen LogP contribution in [0.25, 0.3) is 5.57 Å². The SMILES string of the molecule is O=CC(F)=C(c1ccccc1Cl)C1CC1. The van der Waals surface area contributed by atoms with Crippen molar-refractivity contribution in [3.8, 4) is 0 Å². The summed E-state index contributed by atoms with van der Waals surface area (Å²) in [5.41, 5.74) is 1.11. The second-order valence-electron chi connectivity index (χ2n) is 3.63. The second kappa shape index (κ2) is 4.15. The van der Waals surface area contributed by atoms with E-state index in [1.54, 1.807) is 24.3 Å². The van der Waals surface area contributed by atoms with Crippen molar-refractivity contribution in [3.05, 3.63) is 40.7 Å². The van der Waals surface area contributed by atoms with Crippen LogP contribution < -0.4 is 0 Å². The number of carbonyl (C=O) groups is 1. The van der Waals surface area contributed by atoms with Crippen molar-refractivity contribution in [2.45, 2.75) is 12.8 Å². The summed E-state index contributed by atoms with van der Waals surface area (Å²) < 4.78 is 13.4. The number of benzene rings is 1. The van der Waals surface area contributed by atoms with Gasteiger partial charge in [0.2, 0.25) is 0 Å². The highest BCUT2D eigenvalue weighted by atomic mass is 35.5. The molecule has 0 radical (unpaired) electrons. The van der Waals surface area contributed by atoms with E-state index in [1.165, 1.54) is 0 Å². The van der Waals surface area contributed by atoms with Crippen molar-refractivity contribution in [3.63, 3.8) is 0 Å². The highest BCUT2D eigenvalue weighted by molar-refractivity contribution is 6.32. The van der Waals surface area contributed by atoms with Gasteiger partial charge in [-0.2, -0.15) is 0 Å². The highest BCUT2D eigenvalue weighted by Crippen LogP contribution is 2.45. The molecular formula is C12H10ClFO. The van der Waals surface area contributed by atoms with Gasteiger partial charge >= 0.3 is 0 Å². The summed E-state index contributed by atoms with van der Waals surface area (Å²) in [5, 5.41) is 0.497. The summed E-state index contributed by atoms with van der Waals surface area (Å²) in [6.45, 7) is 0. The zero-order chi connectivity index (χ0) is 10.8. The van der Waals surface area contributed by atoms with Crippen molar-refractivity contribution in [2.75, 3.05) is 0 Å². The molecule has 1 aromatic rings. The molecule has 1 aromatic carbocycles. The van der Waals surface area contributed by atoms with Crippen LogP contribution in [0.3, 0.4) is 0 Å². The Hall–Kier alpha value is -1.15. The van der Waals surface area contributed by atoms with Gasteiger partial charge in [-0.25, -0.2) is 4.39 Å². The molecule has 0 heterocycles. The minimum Gasteiger partial charge on any atom is -0.295 e. The van der Waals surface area contributed by atoms with Crippen molar-refractivity contribution < 1.29 is 9.18 Å². The summed E-state index contributed by atoms with van der Waals surface area (Å²) in [7, 11) is 0. The Bertz CT molecular complexity index is 421. The Balaban J connectivity index is 2.50. The fraction of sp³-hybridized carbons (Fsp3) is 0.250. The third kappa shape index (κ3) is 2.10. The van der Waals surface area contributed by atoms with Gasteiger partial charge in [-0.1, -0.05) is 29.8 Å². The quantitative estimate of drug-likeness (QED) is 0.566. The van der Waals surface area contributed by atoms with Gasteiger partial charge in [0.15, 0.2) is 12.1 Å². The maximum absolute atomic E-state index is 13.4. The first-order valence-electron chi connectivity index (χ1n) is 4.83. The lowest BCUT2D eigenvalue weighted by Gasteiger charge is -2.07. The maximum atomic E-state index is 13.4. The molecule has 0 N–H and O–H groups in total. The molecule has 1 aliphatic rings. The molecule has 0 unspecified atom stereocenters. The van der Waals surface area contributed by atoms with Crippen LogP contribution in [0.15, 0.2) is 30.1 Å². The maximum Gasteiger partial charge on any atom is 0.178 e. The minimum absolute atomic E-state index is 0.162. The van der Waals surface area contributed by atoms with E-state index in [9.17, 15) is 9.18 Å². The molecule has 15 heavy (non-hydrogen) atoms. The molecule has 0 aliphatic heterocycles. The van der Waals surface area contributed by atoms with Crippen LogP contribution >= 0.6 is 11.6 Å². The largest absolute Gasteiger partial charge is 0.295 e. The van der Waals surface area contributed by atoms with Crippen LogP contribution in [0.4, 0.5) is 4.39 Å². The molecule has 2 rings (SSSR count). The van der Waals surface area contributed by atoms with Crippen molar-refractivity contribution in [1.82, 2.24) is 0 Å². The van der Waals surface area contributed by atoms with Gasteiger partial charge in [0.1, 0.15) is 0 Å². The molecule has 1 nitrogen and oxygen atoms in total. The summed E-state index contributed by atoms with van der Waals surface area (Å²) in [5.74, 6) is -0.527. The summed E-state index contributed by atoms with van der Waals surface area (Å²) in [4.78, 5) is 10.5. The lowest BCUT2D eigenvalue weighted by Crippen LogP contribution is -1.93. The molecule has 0 aromatic heterocycles. The Labute approximate surface area is 92.6 Å². The van der Waals surface area contributed by atoms with Gasteiger partial charge in [0.25, 0.3) is 0 Å². The van der Waals surface area contributed by atoms with E-state index >= 15 is 0 Å². The molecular weight excluding hydrogens is 215 g/mol. The van der Waals surface area contributed by atoms with Crippen molar-refractivity contribution in [1.29, 1.82) is 0 Å². The van der Waals surface area contributed by atoms with E-state index < -0.39 is 5.83 Å². The molecule has 0 bridgehead atoms. The van der Waals surface area contributed by atoms with E-state index in [4.69, 9.17) is 11.6 Å². The number of hydrogen-bond donors (Lipinski definition) is 0. The van der Waals surface area contributed by atoms with Crippen LogP contribution in [-0.2, 0) is 4.79 Å². The lowest BCUT2D eigenvalue weighted by molar-refractivity contribution is -0.106. The van der Waals surface area contributed by atoms with Gasteiger partial charge in [0.05, 0.1) is 0 Å². The lowest BCUT2D eigenvalue weighted by atomic mass is 10.0. The Kier molecular flexibility index (Phi) is 2.87. The van der Waals surface area contributed by atoms with E-state index in [0.717, 1.165) is 12.8 Å². The number of hydrogen-bond acceptors (Lipinski definition) is 1. The Morgan fingerprint density at radius 1 is 1.40 bits per heavy atom. The molecule has 1 aliphatic carbocycles. The average molecular weight is 225 g/mol. The number of rotatable bonds is 3. The summed E-state index contributed by atoms with van der Waals surface area (Å²) in [6.07, 6.45) is 2.13. The number of halogens is 2. The van der Waals surface area contributed by atoms with Crippen LogP contribution in [0.5, 0.6) is 0 Å². The Morgan fingerprint density at radius 3 is 2.60 bits per heavy atom. The predicted octanol–water partition coefficient (Wildman–Crippen LogP) is 3.63. The molecule has 78 valence electrons. The molecule has 0 amide bonds. The third-order valence-electron chi connectivity index (χ3n) is 2.51. The molecule has 1 saturated carbocycles. The van der Waals surface area contributed by atoms with Crippen LogP contribution in [0, 0.1) is 5.92 Å². The summed E-state index contributed by atoms with van der Waals surface area (Å²) in [6, 6.07) is 7.03. The van der Waals surface area contributed by atoms with E-state index in [2.05, 4.69) is 0 Å². The van der Waals surface area contributed by atoms with E-state index in [1.807, 2.05) is 0 Å². The fourth-order valence-corrected chi connectivity index (χ4v) is 1.90. The first-order chi connectivity index (χ1) is 7.24.